The average molecular weight is 512 g/mol. The number of para-hydroxylation sites is 1. The maximum atomic E-state index is 11.0. The zero-order valence-corrected chi connectivity index (χ0v) is 16.5. The summed E-state index contributed by atoms with van der Waals surface area (Å²) in [7, 11) is -0.135. The molecule has 0 saturated heterocycles. The number of aromatic hydroxyl groups is 1. The molecule has 1 N–H and O–H groups in total. The SMILES string of the molecule is C[S+](Cc1ccccc1[N+](=O)[O-])c1ccc(O)cc1.[F][Sb-]([F])([F])([F])([F])[F]. The van der Waals surface area contributed by atoms with E-state index >= 15 is 0 Å². The second-order valence-electron chi connectivity index (χ2n) is 5.12. The molecule has 146 valence electrons. The molecule has 0 aliphatic carbocycles. The van der Waals surface area contributed by atoms with Crippen molar-refractivity contribution >= 4 is 36.1 Å². The molecule has 0 amide bonds. The van der Waals surface area contributed by atoms with Crippen LogP contribution in [0.15, 0.2) is 53.4 Å². The van der Waals surface area contributed by atoms with E-state index in [1.165, 1.54) is 6.07 Å². The third-order valence-electron chi connectivity index (χ3n) is 2.80. The molecule has 2 aromatic carbocycles. The predicted molar refractivity (Wildman–Crippen MR) is 88.9 cm³/mol. The minimum atomic E-state index is -11.2. The van der Waals surface area contributed by atoms with Gasteiger partial charge in [0.15, 0.2) is 4.90 Å². The number of nitrogens with zero attached hydrogens (tertiary/aromatic N) is 1. The molecule has 2 rings (SSSR count). The van der Waals surface area contributed by atoms with Crippen molar-refractivity contribution in [2.24, 2.45) is 0 Å². The Hall–Kier alpha value is -1.61. The number of phenolic OH excluding ortho intramolecular Hbond substituents is 1. The number of nitro groups is 1. The van der Waals surface area contributed by atoms with Crippen LogP contribution in [0.25, 0.3) is 0 Å². The molecule has 26 heavy (non-hydrogen) atoms. The fourth-order valence-electron chi connectivity index (χ4n) is 1.81. The second kappa shape index (κ2) is 7.19. The summed E-state index contributed by atoms with van der Waals surface area (Å²) in [5, 5.41) is 20.2. The molecule has 0 heterocycles. The molecule has 0 spiro atoms. The van der Waals surface area contributed by atoms with Crippen LogP contribution in [0, 0.1) is 10.1 Å². The van der Waals surface area contributed by atoms with Gasteiger partial charge in [0.1, 0.15) is 17.8 Å². The zero-order valence-electron chi connectivity index (χ0n) is 13.2. The molecule has 0 radical (unpaired) electrons. The first-order valence-electron chi connectivity index (χ1n) is 6.73. The van der Waals surface area contributed by atoms with Crippen LogP contribution in [-0.2, 0) is 16.6 Å². The first-order chi connectivity index (χ1) is 11.5. The summed E-state index contributed by atoms with van der Waals surface area (Å²) in [5.74, 6) is 0.855. The van der Waals surface area contributed by atoms with Crippen molar-refractivity contribution in [3.63, 3.8) is 0 Å². The van der Waals surface area contributed by atoms with Gasteiger partial charge in [-0.1, -0.05) is 12.1 Å². The summed E-state index contributed by atoms with van der Waals surface area (Å²) >= 11 is -11.2. The molecule has 0 fully saturated rings. The Morgan fingerprint density at radius 1 is 1.00 bits per heavy atom. The molecule has 0 bridgehead atoms. The van der Waals surface area contributed by atoms with E-state index in [4.69, 9.17) is 0 Å². The molecule has 0 aliphatic rings. The number of benzene rings is 2. The van der Waals surface area contributed by atoms with E-state index < -0.39 is 19.5 Å². The van der Waals surface area contributed by atoms with Gasteiger partial charge in [-0.25, -0.2) is 0 Å². The Kier molecular flexibility index (Phi) is 6.20. The van der Waals surface area contributed by atoms with Gasteiger partial charge >= 0.3 is 36.4 Å². The quantitative estimate of drug-likeness (QED) is 0.200. The van der Waals surface area contributed by atoms with E-state index in [0.717, 1.165) is 10.5 Å². The van der Waals surface area contributed by atoms with Crippen molar-refractivity contribution in [3.05, 3.63) is 64.2 Å². The van der Waals surface area contributed by atoms with Crippen LogP contribution in [0.4, 0.5) is 22.6 Å². The number of phenols is 1. The third kappa shape index (κ3) is 10.4. The van der Waals surface area contributed by atoms with Gasteiger partial charge in [0.05, 0.1) is 10.5 Å². The van der Waals surface area contributed by atoms with Gasteiger partial charge in [-0.2, -0.15) is 0 Å². The second-order valence-corrected chi connectivity index (χ2v) is 12.6. The number of rotatable bonds is 4. The standard InChI is InChI=1S/C14H13NO3S.6FH.Sb/c1-19(13-8-6-12(16)7-9-13)10-11-4-2-3-5-14(11)15(17)18;;;;;;;/h2-9H,10H2,1H3;6*1H;/q;;;;;;;+5/p-5. The molecular weight excluding hydrogens is 498 g/mol. The first kappa shape index (κ1) is 22.4. The van der Waals surface area contributed by atoms with Gasteiger partial charge in [0.2, 0.25) is 0 Å². The molecule has 0 aliphatic heterocycles. The van der Waals surface area contributed by atoms with Crippen molar-refractivity contribution in [1.29, 1.82) is 0 Å². The Bertz CT molecular complexity index is 772. The summed E-state index contributed by atoms with van der Waals surface area (Å²) in [6, 6.07) is 13.8. The molecule has 0 aromatic heterocycles. The molecular formula is C14H14F6NO3SSb. The molecule has 1 unspecified atom stereocenters. The van der Waals surface area contributed by atoms with Gasteiger partial charge in [-0.05, 0) is 30.3 Å². The van der Waals surface area contributed by atoms with Crippen molar-refractivity contribution in [3.8, 4) is 5.75 Å². The number of hydrogen-bond donors (Lipinski definition) is 1. The van der Waals surface area contributed by atoms with Crippen LogP contribution >= 0.6 is 0 Å². The van der Waals surface area contributed by atoms with E-state index in [1.54, 1.807) is 24.3 Å². The van der Waals surface area contributed by atoms with Crippen LogP contribution in [-0.4, -0.2) is 35.8 Å². The Morgan fingerprint density at radius 3 is 1.92 bits per heavy atom. The molecule has 2 aromatic rings. The van der Waals surface area contributed by atoms with E-state index in [1.807, 2.05) is 24.5 Å². The summed E-state index contributed by atoms with van der Waals surface area (Å²) in [5.41, 5.74) is 0.909. The van der Waals surface area contributed by atoms with Crippen molar-refractivity contribution in [1.82, 2.24) is 0 Å². The van der Waals surface area contributed by atoms with E-state index in [-0.39, 0.29) is 27.3 Å². The molecule has 1 atom stereocenters. The van der Waals surface area contributed by atoms with Gasteiger partial charge in [0.25, 0.3) is 5.69 Å². The van der Waals surface area contributed by atoms with Gasteiger partial charge in [-0.15, -0.1) is 0 Å². The Balaban J connectivity index is 0.000000412. The predicted octanol–water partition coefficient (Wildman–Crippen LogP) is 5.25. The van der Waals surface area contributed by atoms with Gasteiger partial charge in [-0.3, -0.25) is 10.1 Å². The summed E-state index contributed by atoms with van der Waals surface area (Å²) in [6.45, 7) is 0. The van der Waals surface area contributed by atoms with Crippen LogP contribution in [0.1, 0.15) is 5.56 Å². The van der Waals surface area contributed by atoms with E-state index in [9.17, 15) is 32.1 Å². The van der Waals surface area contributed by atoms with E-state index in [0.29, 0.717) is 5.75 Å². The summed E-state index contributed by atoms with van der Waals surface area (Å²) in [4.78, 5) is 11.7. The molecule has 12 heteroatoms. The molecule has 4 nitrogen and oxygen atoms in total. The Morgan fingerprint density at radius 2 is 1.46 bits per heavy atom. The number of nitro benzene ring substituents is 1. The maximum absolute atomic E-state index is 11.2. The fourth-order valence-corrected chi connectivity index (χ4v) is 3.28. The van der Waals surface area contributed by atoms with Gasteiger partial charge in [0, 0.05) is 17.0 Å². The van der Waals surface area contributed by atoms with E-state index in [2.05, 4.69) is 0 Å². The molecule has 0 saturated carbocycles. The Labute approximate surface area is 149 Å². The minimum absolute atomic E-state index is 0.135. The monoisotopic (exact) mass is 511 g/mol. The van der Waals surface area contributed by atoms with Crippen LogP contribution in [0.3, 0.4) is 0 Å². The average Bonchev–Trinajstić information content (AvgIpc) is 2.45. The summed E-state index contributed by atoms with van der Waals surface area (Å²) < 4.78 is 59.6. The van der Waals surface area contributed by atoms with Crippen LogP contribution in [0.2, 0.25) is 0 Å². The number of hydrogen-bond acceptors (Lipinski definition) is 3. The topological polar surface area (TPSA) is 63.4 Å². The first-order valence-corrected chi connectivity index (χ1v) is 14.3. The van der Waals surface area contributed by atoms with Crippen molar-refractivity contribution in [2.45, 2.75) is 10.6 Å². The van der Waals surface area contributed by atoms with Gasteiger partial charge < -0.3 is 5.11 Å². The van der Waals surface area contributed by atoms with Crippen LogP contribution in [0.5, 0.6) is 5.75 Å². The summed E-state index contributed by atoms with van der Waals surface area (Å²) in [6.07, 6.45) is 2.04. The third-order valence-corrected chi connectivity index (χ3v) is 4.62. The normalized spacial score (nSPS) is 15.0. The number of halogens is 6. The zero-order chi connectivity index (χ0) is 20.2. The fraction of sp³-hybridized carbons (Fsp3) is 0.143. The van der Waals surface area contributed by atoms with Crippen molar-refractivity contribution in [2.75, 3.05) is 6.26 Å². The van der Waals surface area contributed by atoms with Crippen LogP contribution < -0.4 is 0 Å². The van der Waals surface area contributed by atoms with Crippen molar-refractivity contribution < 1.29 is 26.9 Å².